The summed E-state index contributed by atoms with van der Waals surface area (Å²) in [5.74, 6) is 0.238. The fourth-order valence-corrected chi connectivity index (χ4v) is 1.53. The van der Waals surface area contributed by atoms with Gasteiger partial charge in [0.15, 0.2) is 0 Å². The number of likely N-dealkylation sites (N-methyl/N-ethyl adjacent to an activating group) is 1. The van der Waals surface area contributed by atoms with Crippen LogP contribution in [-0.4, -0.2) is 42.7 Å². The number of rotatable bonds is 4. The van der Waals surface area contributed by atoms with Crippen LogP contribution in [0.15, 0.2) is 18.2 Å². The van der Waals surface area contributed by atoms with Crippen LogP contribution in [0.5, 0.6) is 5.75 Å². The monoisotopic (exact) mass is 257 g/mol. The summed E-state index contributed by atoms with van der Waals surface area (Å²) in [6.45, 7) is 1.67. The molecule has 1 amide bonds. The lowest BCUT2D eigenvalue weighted by Gasteiger charge is -2.24. The van der Waals surface area contributed by atoms with E-state index in [0.717, 1.165) is 0 Å². The smallest absolute Gasteiger partial charge is 0.257 e. The van der Waals surface area contributed by atoms with E-state index in [1.165, 1.54) is 12.0 Å². The Labute approximate surface area is 106 Å². The maximum atomic E-state index is 12.2. The number of hydrogen-bond donors (Lipinski definition) is 1. The van der Waals surface area contributed by atoms with E-state index in [0.29, 0.717) is 16.3 Å². The molecule has 1 atom stereocenters. The van der Waals surface area contributed by atoms with Crippen molar-refractivity contribution >= 4 is 17.5 Å². The molecule has 0 heterocycles. The number of aliphatic hydroxyl groups excluding tert-OH is 1. The van der Waals surface area contributed by atoms with Crippen molar-refractivity contribution in [1.29, 1.82) is 0 Å². The number of aliphatic hydroxyl groups is 1. The molecule has 1 rings (SSSR count). The molecule has 4 nitrogen and oxygen atoms in total. The van der Waals surface area contributed by atoms with Gasteiger partial charge in [0.1, 0.15) is 5.75 Å². The van der Waals surface area contributed by atoms with Crippen molar-refractivity contribution in [3.05, 3.63) is 28.8 Å². The Morgan fingerprint density at radius 3 is 2.76 bits per heavy atom. The fourth-order valence-electron chi connectivity index (χ4n) is 1.36. The van der Waals surface area contributed by atoms with Gasteiger partial charge in [0.25, 0.3) is 5.91 Å². The van der Waals surface area contributed by atoms with Gasteiger partial charge < -0.3 is 14.7 Å². The van der Waals surface area contributed by atoms with E-state index in [1.807, 2.05) is 0 Å². The molecule has 1 unspecified atom stereocenters. The molecule has 0 fully saturated rings. The molecular formula is C12H16ClNO3. The van der Waals surface area contributed by atoms with Gasteiger partial charge in [-0.2, -0.15) is 0 Å². The summed E-state index contributed by atoms with van der Waals surface area (Å²) in [5.41, 5.74) is 0.391. The van der Waals surface area contributed by atoms with Gasteiger partial charge in [-0.25, -0.2) is 0 Å². The van der Waals surface area contributed by atoms with Crippen LogP contribution in [0, 0.1) is 0 Å². The van der Waals surface area contributed by atoms with Crippen LogP contribution in [0.1, 0.15) is 17.3 Å². The Bertz CT molecular complexity index is 409. The third-order valence-electron chi connectivity index (χ3n) is 2.64. The molecule has 0 saturated heterocycles. The molecule has 0 aliphatic carbocycles. The number of amides is 1. The number of methoxy groups -OCH3 is 1. The third kappa shape index (κ3) is 3.11. The maximum Gasteiger partial charge on any atom is 0.257 e. The van der Waals surface area contributed by atoms with Crippen LogP contribution in [0.25, 0.3) is 0 Å². The highest BCUT2D eigenvalue weighted by Crippen LogP contribution is 2.24. The van der Waals surface area contributed by atoms with E-state index >= 15 is 0 Å². The van der Waals surface area contributed by atoms with Crippen molar-refractivity contribution in [3.63, 3.8) is 0 Å². The van der Waals surface area contributed by atoms with Gasteiger partial charge >= 0.3 is 0 Å². The molecule has 94 valence electrons. The molecule has 0 radical (unpaired) electrons. The van der Waals surface area contributed by atoms with E-state index in [4.69, 9.17) is 21.4 Å². The van der Waals surface area contributed by atoms with Crippen LogP contribution < -0.4 is 4.74 Å². The summed E-state index contributed by atoms with van der Waals surface area (Å²) in [5, 5.41) is 9.50. The number of carbonyl (C=O) groups is 1. The molecule has 17 heavy (non-hydrogen) atoms. The zero-order chi connectivity index (χ0) is 13.0. The first kappa shape index (κ1) is 13.8. The number of ether oxygens (including phenoxy) is 1. The predicted octanol–water partition coefficient (Wildman–Crippen LogP) is 1.80. The average Bonchev–Trinajstić information content (AvgIpc) is 2.35. The van der Waals surface area contributed by atoms with E-state index in [-0.39, 0.29) is 18.6 Å². The minimum atomic E-state index is -0.258. The molecule has 0 bridgehead atoms. The van der Waals surface area contributed by atoms with Crippen molar-refractivity contribution < 1.29 is 14.6 Å². The lowest BCUT2D eigenvalue weighted by molar-refractivity contribution is 0.0679. The Balaban J connectivity index is 3.06. The quantitative estimate of drug-likeness (QED) is 0.895. The van der Waals surface area contributed by atoms with Gasteiger partial charge in [-0.05, 0) is 25.1 Å². The van der Waals surface area contributed by atoms with Crippen LogP contribution in [0.4, 0.5) is 0 Å². The SMILES string of the molecule is COc1ccc(Cl)cc1C(=O)N(C)C(C)CO. The first-order chi connectivity index (χ1) is 8.01. The summed E-state index contributed by atoms with van der Waals surface area (Å²) >= 11 is 5.86. The molecule has 0 aliphatic rings. The van der Waals surface area contributed by atoms with Gasteiger partial charge in [-0.15, -0.1) is 0 Å². The first-order valence-electron chi connectivity index (χ1n) is 5.22. The molecule has 5 heteroatoms. The Morgan fingerprint density at radius 1 is 1.59 bits per heavy atom. The Hall–Kier alpha value is -1.26. The highest BCUT2D eigenvalue weighted by molar-refractivity contribution is 6.31. The summed E-state index contributed by atoms with van der Waals surface area (Å²) in [6, 6.07) is 4.61. The van der Waals surface area contributed by atoms with Crippen LogP contribution in [0.2, 0.25) is 5.02 Å². The summed E-state index contributed by atoms with van der Waals surface area (Å²) < 4.78 is 5.12. The molecule has 1 aromatic carbocycles. The van der Waals surface area contributed by atoms with Gasteiger partial charge in [-0.1, -0.05) is 11.6 Å². The molecule has 0 aliphatic heterocycles. The lowest BCUT2D eigenvalue weighted by Crippen LogP contribution is -2.37. The van der Waals surface area contributed by atoms with Crippen molar-refractivity contribution in [1.82, 2.24) is 4.90 Å². The molecule has 0 aromatic heterocycles. The Morgan fingerprint density at radius 2 is 2.24 bits per heavy atom. The zero-order valence-electron chi connectivity index (χ0n) is 10.1. The minimum Gasteiger partial charge on any atom is -0.496 e. The van der Waals surface area contributed by atoms with E-state index in [1.54, 1.807) is 32.2 Å². The Kier molecular flexibility index (Phi) is 4.78. The van der Waals surface area contributed by atoms with E-state index in [9.17, 15) is 4.79 Å². The topological polar surface area (TPSA) is 49.8 Å². The first-order valence-corrected chi connectivity index (χ1v) is 5.60. The van der Waals surface area contributed by atoms with Gasteiger partial charge in [0, 0.05) is 12.1 Å². The standard InChI is InChI=1S/C12H16ClNO3/c1-8(7-15)14(2)12(16)10-6-9(13)4-5-11(10)17-3/h4-6,8,15H,7H2,1-3H3. The van der Waals surface area contributed by atoms with Crippen LogP contribution >= 0.6 is 11.6 Å². The summed E-state index contributed by atoms with van der Waals surface area (Å²) in [4.78, 5) is 13.6. The lowest BCUT2D eigenvalue weighted by atomic mass is 10.1. The fraction of sp³-hybridized carbons (Fsp3) is 0.417. The van der Waals surface area contributed by atoms with E-state index < -0.39 is 0 Å². The van der Waals surface area contributed by atoms with E-state index in [2.05, 4.69) is 0 Å². The van der Waals surface area contributed by atoms with Gasteiger partial charge in [0.05, 0.1) is 25.3 Å². The van der Waals surface area contributed by atoms with Gasteiger partial charge in [-0.3, -0.25) is 4.79 Å². The maximum absolute atomic E-state index is 12.2. The normalized spacial score (nSPS) is 12.1. The second-order valence-electron chi connectivity index (χ2n) is 3.79. The molecular weight excluding hydrogens is 242 g/mol. The number of benzene rings is 1. The van der Waals surface area contributed by atoms with Crippen LogP contribution in [-0.2, 0) is 0 Å². The second-order valence-corrected chi connectivity index (χ2v) is 4.23. The molecule has 0 saturated carbocycles. The van der Waals surface area contributed by atoms with Gasteiger partial charge in [0.2, 0.25) is 0 Å². The summed E-state index contributed by atoms with van der Waals surface area (Å²) in [7, 11) is 3.12. The largest absolute Gasteiger partial charge is 0.496 e. The highest BCUT2D eigenvalue weighted by atomic mass is 35.5. The summed E-state index contributed by atoms with van der Waals surface area (Å²) in [6.07, 6.45) is 0. The molecule has 1 N–H and O–H groups in total. The predicted molar refractivity (Wildman–Crippen MR) is 66.6 cm³/mol. The molecule has 1 aromatic rings. The third-order valence-corrected chi connectivity index (χ3v) is 2.87. The zero-order valence-corrected chi connectivity index (χ0v) is 10.9. The van der Waals surface area contributed by atoms with Crippen molar-refractivity contribution in [2.24, 2.45) is 0 Å². The number of halogens is 1. The molecule has 0 spiro atoms. The van der Waals surface area contributed by atoms with Crippen molar-refractivity contribution in [2.75, 3.05) is 20.8 Å². The number of carbonyl (C=O) groups excluding carboxylic acids is 1. The second kappa shape index (κ2) is 5.89. The number of nitrogens with zero attached hydrogens (tertiary/aromatic N) is 1. The number of hydrogen-bond acceptors (Lipinski definition) is 3. The average molecular weight is 258 g/mol. The van der Waals surface area contributed by atoms with Crippen molar-refractivity contribution in [3.8, 4) is 5.75 Å². The minimum absolute atomic E-state index is 0.0921. The highest BCUT2D eigenvalue weighted by Gasteiger charge is 2.20. The van der Waals surface area contributed by atoms with Crippen LogP contribution in [0.3, 0.4) is 0 Å². The van der Waals surface area contributed by atoms with Crippen molar-refractivity contribution in [2.45, 2.75) is 13.0 Å².